The number of halogens is 3. The average Bonchev–Trinajstić information content (AvgIpc) is 2.48. The zero-order valence-corrected chi connectivity index (χ0v) is 12.0. The lowest BCUT2D eigenvalue weighted by Crippen LogP contribution is -2.45. The van der Waals surface area contributed by atoms with Gasteiger partial charge < -0.3 is 5.32 Å². The Morgan fingerprint density at radius 1 is 1.32 bits per heavy atom. The van der Waals surface area contributed by atoms with Gasteiger partial charge in [0, 0.05) is 50.8 Å². The van der Waals surface area contributed by atoms with Crippen LogP contribution in [0.1, 0.15) is 24.4 Å². The van der Waals surface area contributed by atoms with E-state index in [4.69, 9.17) is 0 Å². The quantitative estimate of drug-likeness (QED) is 0.670. The summed E-state index contributed by atoms with van der Waals surface area (Å²) in [7, 11) is 0. The fourth-order valence-corrected chi connectivity index (χ4v) is 2.70. The summed E-state index contributed by atoms with van der Waals surface area (Å²) in [5.41, 5.74) is 0.477. The summed E-state index contributed by atoms with van der Waals surface area (Å²) < 4.78 is 37.7. The summed E-state index contributed by atoms with van der Waals surface area (Å²) in [6.45, 7) is 2.67. The minimum Gasteiger partial charge on any atom is -0.314 e. The number of nitrogens with one attached hydrogen (secondary N) is 1. The molecule has 0 aromatic heterocycles. The molecule has 0 saturated carbocycles. The van der Waals surface area contributed by atoms with Crippen LogP contribution in [0.5, 0.6) is 0 Å². The minimum absolute atomic E-state index is 0.0926. The van der Waals surface area contributed by atoms with Crippen molar-refractivity contribution in [2.24, 2.45) is 0 Å². The van der Waals surface area contributed by atoms with Crippen LogP contribution in [0.2, 0.25) is 0 Å². The number of piperazine rings is 1. The Bertz CT molecular complexity index is 516. The highest BCUT2D eigenvalue weighted by Crippen LogP contribution is 2.32. The largest absolute Gasteiger partial charge is 0.389 e. The molecule has 0 aliphatic carbocycles. The van der Waals surface area contributed by atoms with Gasteiger partial charge in [0.05, 0.1) is 4.92 Å². The van der Waals surface area contributed by atoms with Gasteiger partial charge in [-0.05, 0) is 12.0 Å². The van der Waals surface area contributed by atoms with Crippen molar-refractivity contribution in [3.63, 3.8) is 0 Å². The summed E-state index contributed by atoms with van der Waals surface area (Å²) in [6, 6.07) is 5.46. The molecule has 1 aromatic carbocycles. The molecular formula is C14H18F3N3O2. The average molecular weight is 317 g/mol. The summed E-state index contributed by atoms with van der Waals surface area (Å²) in [4.78, 5) is 12.3. The molecule has 1 atom stereocenters. The predicted molar refractivity (Wildman–Crippen MR) is 75.6 cm³/mol. The molecule has 8 heteroatoms. The number of benzene rings is 1. The van der Waals surface area contributed by atoms with E-state index in [1.165, 1.54) is 18.2 Å². The zero-order valence-electron chi connectivity index (χ0n) is 12.0. The fraction of sp³-hybridized carbons (Fsp3) is 0.571. The van der Waals surface area contributed by atoms with Crippen molar-refractivity contribution in [2.75, 3.05) is 26.2 Å². The van der Waals surface area contributed by atoms with Gasteiger partial charge in [0.15, 0.2) is 0 Å². The summed E-state index contributed by atoms with van der Waals surface area (Å²) in [5, 5.41) is 14.0. The van der Waals surface area contributed by atoms with Crippen molar-refractivity contribution in [1.82, 2.24) is 10.2 Å². The lowest BCUT2D eigenvalue weighted by atomic mass is 9.99. The van der Waals surface area contributed by atoms with Crippen molar-refractivity contribution < 1.29 is 18.1 Å². The van der Waals surface area contributed by atoms with Crippen molar-refractivity contribution in [3.8, 4) is 0 Å². The lowest BCUT2D eigenvalue weighted by Gasteiger charge is -2.35. The van der Waals surface area contributed by atoms with Gasteiger partial charge in [-0.3, -0.25) is 15.0 Å². The molecule has 1 fully saturated rings. The normalized spacial score (nSPS) is 18.1. The van der Waals surface area contributed by atoms with E-state index in [-0.39, 0.29) is 12.1 Å². The van der Waals surface area contributed by atoms with Crippen LogP contribution in [0.25, 0.3) is 0 Å². The number of nitro groups is 1. The molecule has 1 heterocycles. The molecule has 1 saturated heterocycles. The molecule has 1 aromatic rings. The van der Waals surface area contributed by atoms with Gasteiger partial charge in [-0.25, -0.2) is 0 Å². The Labute approximate surface area is 126 Å². The van der Waals surface area contributed by atoms with Gasteiger partial charge in [0.1, 0.15) is 0 Å². The molecule has 22 heavy (non-hydrogen) atoms. The summed E-state index contributed by atoms with van der Waals surface area (Å²) >= 11 is 0. The maximum atomic E-state index is 12.6. The number of alkyl halides is 3. The molecule has 5 nitrogen and oxygen atoms in total. The van der Waals surface area contributed by atoms with E-state index in [0.717, 1.165) is 0 Å². The third kappa shape index (κ3) is 4.67. The van der Waals surface area contributed by atoms with Crippen molar-refractivity contribution in [1.29, 1.82) is 0 Å². The van der Waals surface area contributed by atoms with E-state index in [1.54, 1.807) is 6.07 Å². The van der Waals surface area contributed by atoms with Gasteiger partial charge in [-0.2, -0.15) is 13.2 Å². The van der Waals surface area contributed by atoms with Crippen LogP contribution < -0.4 is 5.32 Å². The molecule has 2 rings (SSSR count). The molecule has 0 bridgehead atoms. The molecule has 122 valence electrons. The highest BCUT2D eigenvalue weighted by atomic mass is 19.4. The fourth-order valence-electron chi connectivity index (χ4n) is 2.70. The maximum absolute atomic E-state index is 12.6. The number of hydrogen-bond acceptors (Lipinski definition) is 4. The Hall–Kier alpha value is -1.67. The molecule has 1 aliphatic rings. The van der Waals surface area contributed by atoms with E-state index in [2.05, 4.69) is 5.32 Å². The molecule has 1 N–H and O–H groups in total. The Morgan fingerprint density at radius 3 is 2.59 bits per heavy atom. The number of rotatable bonds is 5. The van der Waals surface area contributed by atoms with Gasteiger partial charge >= 0.3 is 6.18 Å². The second-order valence-electron chi connectivity index (χ2n) is 5.31. The monoisotopic (exact) mass is 317 g/mol. The first-order valence-corrected chi connectivity index (χ1v) is 7.13. The molecule has 0 amide bonds. The third-order valence-corrected chi connectivity index (χ3v) is 3.76. The van der Waals surface area contributed by atoms with Crippen molar-refractivity contribution in [3.05, 3.63) is 39.9 Å². The van der Waals surface area contributed by atoms with Crippen LogP contribution in [-0.4, -0.2) is 42.2 Å². The van der Waals surface area contributed by atoms with E-state index in [9.17, 15) is 23.3 Å². The van der Waals surface area contributed by atoms with Gasteiger partial charge in [-0.1, -0.05) is 12.1 Å². The first kappa shape index (κ1) is 16.7. The van der Waals surface area contributed by atoms with E-state index in [1.807, 2.05) is 4.90 Å². The lowest BCUT2D eigenvalue weighted by molar-refractivity contribution is -0.385. The van der Waals surface area contributed by atoms with Crippen LogP contribution in [0, 0.1) is 10.1 Å². The SMILES string of the molecule is O=[N+]([O-])c1cccc([C@H](CCC(F)(F)F)N2CCNCC2)c1. The molecule has 0 unspecified atom stereocenters. The number of nitro benzene ring substituents is 1. The Kier molecular flexibility index (Phi) is 5.36. The molecule has 1 aliphatic heterocycles. The van der Waals surface area contributed by atoms with Crippen molar-refractivity contribution >= 4 is 5.69 Å². The van der Waals surface area contributed by atoms with Gasteiger partial charge in [0.25, 0.3) is 5.69 Å². The highest BCUT2D eigenvalue weighted by Gasteiger charge is 2.31. The Morgan fingerprint density at radius 2 is 2.00 bits per heavy atom. The summed E-state index contributed by atoms with van der Waals surface area (Å²) in [6.07, 6.45) is -5.22. The smallest absolute Gasteiger partial charge is 0.314 e. The van der Waals surface area contributed by atoms with Crippen LogP contribution >= 0.6 is 0 Å². The second kappa shape index (κ2) is 7.06. The predicted octanol–water partition coefficient (Wildman–Crippen LogP) is 2.88. The molecular weight excluding hydrogens is 299 g/mol. The first-order valence-electron chi connectivity index (χ1n) is 7.13. The topological polar surface area (TPSA) is 58.4 Å². The standard InChI is InChI=1S/C14H18F3N3O2/c15-14(16,17)5-4-13(19-8-6-18-7-9-19)11-2-1-3-12(10-11)20(21)22/h1-3,10,13,18H,4-9H2/t13-/m0/s1. The van der Waals surface area contributed by atoms with Crippen LogP contribution in [-0.2, 0) is 0 Å². The van der Waals surface area contributed by atoms with E-state index in [0.29, 0.717) is 31.7 Å². The second-order valence-corrected chi connectivity index (χ2v) is 5.31. The van der Waals surface area contributed by atoms with E-state index >= 15 is 0 Å². The van der Waals surface area contributed by atoms with Crippen LogP contribution in [0.3, 0.4) is 0 Å². The molecule has 0 spiro atoms. The van der Waals surface area contributed by atoms with Crippen molar-refractivity contribution in [2.45, 2.75) is 25.1 Å². The molecule has 0 radical (unpaired) electrons. The zero-order chi connectivity index (χ0) is 16.2. The maximum Gasteiger partial charge on any atom is 0.389 e. The number of non-ortho nitro benzene ring substituents is 1. The van der Waals surface area contributed by atoms with Gasteiger partial charge in [0.2, 0.25) is 0 Å². The third-order valence-electron chi connectivity index (χ3n) is 3.76. The highest BCUT2D eigenvalue weighted by molar-refractivity contribution is 5.36. The minimum atomic E-state index is -4.23. The first-order chi connectivity index (χ1) is 10.4. The van der Waals surface area contributed by atoms with Crippen LogP contribution in [0.15, 0.2) is 24.3 Å². The summed E-state index contributed by atoms with van der Waals surface area (Å²) in [5.74, 6) is 0. The van der Waals surface area contributed by atoms with Gasteiger partial charge in [-0.15, -0.1) is 0 Å². The van der Waals surface area contributed by atoms with E-state index < -0.39 is 23.6 Å². The number of nitrogens with zero attached hydrogens (tertiary/aromatic N) is 2. The Balaban J connectivity index is 2.22. The number of hydrogen-bond donors (Lipinski definition) is 1. The van der Waals surface area contributed by atoms with Crippen LogP contribution in [0.4, 0.5) is 18.9 Å².